The highest BCUT2D eigenvalue weighted by Crippen LogP contribution is 2.36. The van der Waals surface area contributed by atoms with E-state index in [9.17, 15) is 4.79 Å². The van der Waals surface area contributed by atoms with Crippen molar-refractivity contribution in [3.8, 4) is 11.3 Å². The first-order valence-electron chi connectivity index (χ1n) is 8.88. The summed E-state index contributed by atoms with van der Waals surface area (Å²) in [5.74, 6) is 0.361. The molecule has 0 aromatic carbocycles. The van der Waals surface area contributed by atoms with Gasteiger partial charge in [0.2, 0.25) is 5.91 Å². The number of carbonyl (C=O) groups excluding carboxylic acids is 1. The van der Waals surface area contributed by atoms with Crippen molar-refractivity contribution >= 4 is 22.6 Å². The van der Waals surface area contributed by atoms with Crippen LogP contribution in [0.1, 0.15) is 24.6 Å². The summed E-state index contributed by atoms with van der Waals surface area (Å²) in [6.45, 7) is 4.68. The number of fused-ring (bicyclic) bond motifs is 1. The minimum atomic E-state index is -0.504. The lowest BCUT2D eigenvalue weighted by atomic mass is 9.95. The molecule has 0 aliphatic carbocycles. The number of anilines is 1. The van der Waals surface area contributed by atoms with Crippen LogP contribution in [0.25, 0.3) is 22.2 Å². The van der Waals surface area contributed by atoms with Crippen molar-refractivity contribution in [3.05, 3.63) is 41.9 Å². The van der Waals surface area contributed by atoms with Crippen LogP contribution in [0.3, 0.4) is 0 Å². The van der Waals surface area contributed by atoms with E-state index in [1.807, 2.05) is 25.3 Å². The molecule has 0 bridgehead atoms. The number of aromatic nitrogens is 3. The van der Waals surface area contributed by atoms with Crippen molar-refractivity contribution in [3.63, 3.8) is 0 Å². The van der Waals surface area contributed by atoms with E-state index < -0.39 is 5.60 Å². The van der Waals surface area contributed by atoms with Crippen LogP contribution in [0.15, 0.2) is 30.6 Å². The fourth-order valence-electron chi connectivity index (χ4n) is 3.53. The molecule has 4 rings (SSSR count). The zero-order valence-electron chi connectivity index (χ0n) is 15.6. The van der Waals surface area contributed by atoms with Crippen LogP contribution in [0, 0.1) is 6.92 Å². The van der Waals surface area contributed by atoms with Crippen molar-refractivity contribution in [2.75, 3.05) is 25.6 Å². The van der Waals surface area contributed by atoms with E-state index in [-0.39, 0.29) is 5.91 Å². The van der Waals surface area contributed by atoms with Crippen LogP contribution in [0.4, 0.5) is 5.82 Å². The number of hydrogen-bond acceptors (Lipinski definition) is 5. The highest BCUT2D eigenvalue weighted by molar-refractivity contribution is 5.97. The lowest BCUT2D eigenvalue weighted by Gasteiger charge is -2.26. The summed E-state index contributed by atoms with van der Waals surface area (Å²) in [6, 6.07) is 5.96. The number of aromatic amines is 1. The van der Waals surface area contributed by atoms with Crippen molar-refractivity contribution in [2.45, 2.75) is 25.9 Å². The fraction of sp³-hybridized carbons (Fsp3) is 0.350. The number of hydrogen-bond donors (Lipinski definition) is 2. The Labute approximate surface area is 157 Å². The van der Waals surface area contributed by atoms with E-state index >= 15 is 0 Å². The van der Waals surface area contributed by atoms with E-state index in [0.29, 0.717) is 19.0 Å². The number of rotatable bonds is 4. The van der Waals surface area contributed by atoms with Gasteiger partial charge >= 0.3 is 0 Å². The van der Waals surface area contributed by atoms with Crippen molar-refractivity contribution < 1.29 is 14.3 Å². The van der Waals surface area contributed by atoms with Gasteiger partial charge in [0.15, 0.2) is 0 Å². The number of aryl methyl sites for hydroxylation is 1. The highest BCUT2D eigenvalue weighted by atomic mass is 16.5. The molecule has 3 aromatic rings. The van der Waals surface area contributed by atoms with Gasteiger partial charge < -0.3 is 19.8 Å². The zero-order chi connectivity index (χ0) is 19.0. The van der Waals surface area contributed by atoms with Crippen molar-refractivity contribution in [2.24, 2.45) is 0 Å². The molecule has 1 aliphatic rings. The van der Waals surface area contributed by atoms with Crippen LogP contribution < -0.4 is 5.32 Å². The van der Waals surface area contributed by atoms with E-state index in [0.717, 1.165) is 39.8 Å². The highest BCUT2D eigenvalue weighted by Gasteiger charge is 2.38. The molecule has 7 heteroatoms. The second kappa shape index (κ2) is 6.75. The van der Waals surface area contributed by atoms with Gasteiger partial charge in [-0.3, -0.25) is 4.79 Å². The molecule has 27 heavy (non-hydrogen) atoms. The molecular formula is C20H22N4O3. The molecule has 1 saturated heterocycles. The van der Waals surface area contributed by atoms with E-state index in [1.165, 1.54) is 6.92 Å². The van der Waals surface area contributed by atoms with Crippen LogP contribution in [-0.2, 0) is 19.9 Å². The standard InChI is InChI=1S/C20H22N4O3/c1-12-6-16(24-18(7-12)20(26-3)4-5-27-11-20)15-9-21-17-10-22-19(8-14(15)17)23-13(2)25/h6-10,21H,4-5,11H2,1-3H3,(H,22,23,25)/t20-/m0/s1. The minimum absolute atomic E-state index is 0.154. The van der Waals surface area contributed by atoms with Crippen LogP contribution in [-0.4, -0.2) is 41.2 Å². The van der Waals surface area contributed by atoms with Gasteiger partial charge in [-0.2, -0.15) is 0 Å². The SMILES string of the molecule is CO[C@@]1(c2cc(C)cc(-c3c[nH]c4cnc(NC(C)=O)cc34)n2)CCOC1. The van der Waals surface area contributed by atoms with Crippen LogP contribution >= 0.6 is 0 Å². The molecule has 1 fully saturated rings. The molecule has 1 atom stereocenters. The third-order valence-electron chi connectivity index (χ3n) is 4.96. The molecule has 0 spiro atoms. The predicted octanol–water partition coefficient (Wildman–Crippen LogP) is 3.15. The van der Waals surface area contributed by atoms with Gasteiger partial charge in [-0.15, -0.1) is 0 Å². The molecular weight excluding hydrogens is 344 g/mol. The Morgan fingerprint density at radius 3 is 2.93 bits per heavy atom. The molecule has 1 amide bonds. The van der Waals surface area contributed by atoms with Gasteiger partial charge in [0.25, 0.3) is 0 Å². The van der Waals surface area contributed by atoms with Gasteiger partial charge in [0, 0.05) is 44.2 Å². The fourth-order valence-corrected chi connectivity index (χ4v) is 3.53. The van der Waals surface area contributed by atoms with Crippen LogP contribution in [0.5, 0.6) is 0 Å². The Morgan fingerprint density at radius 1 is 1.37 bits per heavy atom. The summed E-state index contributed by atoms with van der Waals surface area (Å²) >= 11 is 0. The van der Waals surface area contributed by atoms with E-state index in [2.05, 4.69) is 21.4 Å². The maximum Gasteiger partial charge on any atom is 0.222 e. The number of methoxy groups -OCH3 is 1. The lowest BCUT2D eigenvalue weighted by molar-refractivity contribution is -0.114. The number of ether oxygens (including phenoxy) is 2. The molecule has 0 unspecified atom stereocenters. The molecule has 4 heterocycles. The molecule has 0 radical (unpaired) electrons. The second-order valence-corrected chi connectivity index (χ2v) is 6.91. The van der Waals surface area contributed by atoms with E-state index in [4.69, 9.17) is 14.5 Å². The summed E-state index contributed by atoms with van der Waals surface area (Å²) in [7, 11) is 1.70. The maximum absolute atomic E-state index is 11.4. The average Bonchev–Trinajstić information content (AvgIpc) is 3.28. The molecule has 0 saturated carbocycles. The third kappa shape index (κ3) is 3.20. The van der Waals surface area contributed by atoms with Gasteiger partial charge in [-0.25, -0.2) is 9.97 Å². The Morgan fingerprint density at radius 2 is 2.22 bits per heavy atom. The van der Waals surface area contributed by atoms with Gasteiger partial charge in [-0.05, 0) is 30.7 Å². The molecule has 2 N–H and O–H groups in total. The quantitative estimate of drug-likeness (QED) is 0.740. The topological polar surface area (TPSA) is 89.1 Å². The first kappa shape index (κ1) is 17.6. The lowest BCUT2D eigenvalue weighted by Crippen LogP contribution is -2.30. The predicted molar refractivity (Wildman–Crippen MR) is 102 cm³/mol. The number of carbonyl (C=O) groups is 1. The summed E-state index contributed by atoms with van der Waals surface area (Å²) in [5.41, 5.74) is 4.16. The van der Waals surface area contributed by atoms with Crippen LogP contribution in [0.2, 0.25) is 0 Å². The summed E-state index contributed by atoms with van der Waals surface area (Å²) in [4.78, 5) is 23.7. The second-order valence-electron chi connectivity index (χ2n) is 6.91. The van der Waals surface area contributed by atoms with E-state index in [1.54, 1.807) is 13.3 Å². The molecule has 3 aromatic heterocycles. The average molecular weight is 366 g/mol. The van der Waals surface area contributed by atoms with Gasteiger partial charge in [0.1, 0.15) is 11.4 Å². The first-order valence-corrected chi connectivity index (χ1v) is 8.88. The summed E-state index contributed by atoms with van der Waals surface area (Å²) in [5, 5.41) is 3.68. The largest absolute Gasteiger partial charge is 0.378 e. The number of amides is 1. The Kier molecular flexibility index (Phi) is 4.41. The molecule has 1 aliphatic heterocycles. The van der Waals surface area contributed by atoms with Crippen molar-refractivity contribution in [1.29, 1.82) is 0 Å². The number of nitrogens with one attached hydrogen (secondary N) is 2. The van der Waals surface area contributed by atoms with Gasteiger partial charge in [0.05, 0.1) is 29.7 Å². The monoisotopic (exact) mass is 366 g/mol. The van der Waals surface area contributed by atoms with Gasteiger partial charge in [-0.1, -0.05) is 0 Å². The third-order valence-corrected chi connectivity index (χ3v) is 4.96. The summed E-state index contributed by atoms with van der Waals surface area (Å²) < 4.78 is 11.4. The normalized spacial score (nSPS) is 19.5. The van der Waals surface area contributed by atoms with Crippen molar-refractivity contribution in [1.82, 2.24) is 15.0 Å². The Balaban J connectivity index is 1.82. The molecule has 140 valence electrons. The Bertz CT molecular complexity index is 1010. The minimum Gasteiger partial charge on any atom is -0.378 e. The molecule has 7 nitrogen and oxygen atoms in total. The summed E-state index contributed by atoms with van der Waals surface area (Å²) in [6.07, 6.45) is 4.41. The Hall–Kier alpha value is -2.77. The maximum atomic E-state index is 11.4. The first-order chi connectivity index (χ1) is 13.0. The number of nitrogens with zero attached hydrogens (tertiary/aromatic N) is 2. The zero-order valence-corrected chi connectivity index (χ0v) is 15.6. The smallest absolute Gasteiger partial charge is 0.222 e. The number of pyridine rings is 2. The number of H-pyrrole nitrogens is 1.